The second kappa shape index (κ2) is 8.17. The Kier molecular flexibility index (Phi) is 5.96. The number of carbonyl (C=O) groups is 1. The molecule has 1 amide bonds. The summed E-state index contributed by atoms with van der Waals surface area (Å²) in [6, 6.07) is 3.59. The molecule has 6 nitrogen and oxygen atoms in total. The number of nitrogens with zero attached hydrogens (tertiary/aromatic N) is 2. The molecule has 0 saturated carbocycles. The van der Waals surface area contributed by atoms with E-state index in [-0.39, 0.29) is 18.7 Å². The molecule has 2 aromatic rings. The molecule has 2 heterocycles. The molecule has 0 aliphatic rings. The Bertz CT molecular complexity index is 697. The number of ether oxygens (including phenoxy) is 1. The standard InChI is InChI=1S/C16H20FN3O3/c1-2-3-4-13-9-20-10-14(5-6-15(20)19-13)23-11-12(7-17)8-18-16(21)22/h5-7,9-10,18H,2-4,8,11H2,1H3,(H,21,22)/b12-7-. The van der Waals surface area contributed by atoms with Crippen LogP contribution >= 0.6 is 0 Å². The molecule has 0 fully saturated rings. The molecule has 0 bridgehead atoms. The van der Waals surface area contributed by atoms with Gasteiger partial charge in [-0.2, -0.15) is 0 Å². The van der Waals surface area contributed by atoms with Crippen LogP contribution in [0.25, 0.3) is 5.65 Å². The van der Waals surface area contributed by atoms with Gasteiger partial charge in [-0.15, -0.1) is 0 Å². The molecular formula is C16H20FN3O3. The Balaban J connectivity index is 1.98. The van der Waals surface area contributed by atoms with E-state index < -0.39 is 6.09 Å². The summed E-state index contributed by atoms with van der Waals surface area (Å²) in [5, 5.41) is 10.6. The minimum atomic E-state index is -1.20. The van der Waals surface area contributed by atoms with Gasteiger partial charge < -0.3 is 19.6 Å². The number of aryl methyl sites for hydroxylation is 1. The number of amides is 1. The summed E-state index contributed by atoms with van der Waals surface area (Å²) < 4.78 is 20.1. The Labute approximate surface area is 133 Å². The van der Waals surface area contributed by atoms with Gasteiger partial charge in [-0.25, -0.2) is 14.2 Å². The van der Waals surface area contributed by atoms with Crippen molar-refractivity contribution in [2.75, 3.05) is 13.2 Å². The fourth-order valence-corrected chi connectivity index (χ4v) is 2.07. The molecule has 0 aromatic carbocycles. The average Bonchev–Trinajstić information content (AvgIpc) is 2.94. The summed E-state index contributed by atoms with van der Waals surface area (Å²) in [6.45, 7) is 2.00. The van der Waals surface area contributed by atoms with Crippen molar-refractivity contribution in [2.24, 2.45) is 0 Å². The normalized spacial score (nSPS) is 11.7. The van der Waals surface area contributed by atoms with Crippen molar-refractivity contribution in [3.05, 3.63) is 42.1 Å². The fourth-order valence-electron chi connectivity index (χ4n) is 2.07. The summed E-state index contributed by atoms with van der Waals surface area (Å²) in [4.78, 5) is 14.9. The van der Waals surface area contributed by atoms with Gasteiger partial charge in [0.1, 0.15) is 18.0 Å². The Morgan fingerprint density at radius 3 is 3.00 bits per heavy atom. The lowest BCUT2D eigenvalue weighted by molar-refractivity contribution is 0.195. The number of aromatic nitrogens is 2. The molecule has 0 aliphatic heterocycles. The summed E-state index contributed by atoms with van der Waals surface area (Å²) in [7, 11) is 0. The van der Waals surface area contributed by atoms with Crippen LogP contribution in [-0.4, -0.2) is 33.7 Å². The number of rotatable bonds is 8. The zero-order chi connectivity index (χ0) is 16.7. The Morgan fingerprint density at radius 2 is 2.30 bits per heavy atom. The fraction of sp³-hybridized carbons (Fsp3) is 0.375. The number of halogens is 1. The number of hydrogen-bond acceptors (Lipinski definition) is 3. The first kappa shape index (κ1) is 16.8. The van der Waals surface area contributed by atoms with Crippen LogP contribution in [0.4, 0.5) is 9.18 Å². The van der Waals surface area contributed by atoms with Crippen LogP contribution in [0, 0.1) is 0 Å². The zero-order valence-electron chi connectivity index (χ0n) is 13.0. The highest BCUT2D eigenvalue weighted by atomic mass is 19.1. The third kappa shape index (κ3) is 4.98. The second-order valence-corrected chi connectivity index (χ2v) is 5.18. The van der Waals surface area contributed by atoms with Gasteiger partial charge in [0, 0.05) is 18.3 Å². The predicted octanol–water partition coefficient (Wildman–Crippen LogP) is 3.18. The lowest BCUT2D eigenvalue weighted by Gasteiger charge is -2.09. The van der Waals surface area contributed by atoms with Gasteiger partial charge in [-0.05, 0) is 25.0 Å². The third-order valence-corrected chi connectivity index (χ3v) is 3.31. The van der Waals surface area contributed by atoms with Crippen LogP contribution in [0.1, 0.15) is 25.5 Å². The second-order valence-electron chi connectivity index (χ2n) is 5.18. The van der Waals surface area contributed by atoms with Gasteiger partial charge >= 0.3 is 6.09 Å². The molecule has 7 heteroatoms. The topological polar surface area (TPSA) is 75.9 Å². The van der Waals surface area contributed by atoms with Gasteiger partial charge in [-0.1, -0.05) is 13.3 Å². The molecule has 2 rings (SSSR count). The number of imidazole rings is 1. The monoisotopic (exact) mass is 321 g/mol. The predicted molar refractivity (Wildman–Crippen MR) is 84.5 cm³/mol. The van der Waals surface area contributed by atoms with Crippen molar-refractivity contribution in [2.45, 2.75) is 26.2 Å². The Morgan fingerprint density at radius 1 is 1.48 bits per heavy atom. The van der Waals surface area contributed by atoms with Gasteiger partial charge in [0.2, 0.25) is 0 Å². The maximum Gasteiger partial charge on any atom is 0.404 e. The summed E-state index contributed by atoms with van der Waals surface area (Å²) in [5.41, 5.74) is 2.07. The van der Waals surface area contributed by atoms with Crippen LogP contribution in [0.5, 0.6) is 5.75 Å². The van der Waals surface area contributed by atoms with Crippen LogP contribution in [0.15, 0.2) is 36.4 Å². The third-order valence-electron chi connectivity index (χ3n) is 3.31. The quantitative estimate of drug-likeness (QED) is 0.783. The van der Waals surface area contributed by atoms with Gasteiger partial charge in [0.25, 0.3) is 0 Å². The first-order valence-electron chi connectivity index (χ1n) is 7.47. The summed E-state index contributed by atoms with van der Waals surface area (Å²) in [6.07, 6.45) is 6.02. The lowest BCUT2D eigenvalue weighted by atomic mass is 10.2. The van der Waals surface area contributed by atoms with Gasteiger partial charge in [0.15, 0.2) is 0 Å². The highest BCUT2D eigenvalue weighted by molar-refractivity contribution is 5.64. The van der Waals surface area contributed by atoms with E-state index in [0.29, 0.717) is 12.1 Å². The maximum atomic E-state index is 12.7. The minimum Gasteiger partial charge on any atom is -0.488 e. The lowest BCUT2D eigenvalue weighted by Crippen LogP contribution is -2.25. The average molecular weight is 321 g/mol. The molecule has 124 valence electrons. The molecule has 0 spiro atoms. The molecule has 0 unspecified atom stereocenters. The number of pyridine rings is 1. The number of fused-ring (bicyclic) bond motifs is 1. The van der Waals surface area contributed by atoms with Gasteiger partial charge in [0.05, 0.1) is 18.2 Å². The van der Waals surface area contributed by atoms with E-state index in [0.717, 1.165) is 30.6 Å². The highest BCUT2D eigenvalue weighted by Gasteiger charge is 2.05. The molecule has 0 saturated heterocycles. The van der Waals surface area contributed by atoms with Crippen molar-refractivity contribution < 1.29 is 19.0 Å². The summed E-state index contributed by atoms with van der Waals surface area (Å²) in [5.74, 6) is 0.562. The van der Waals surface area contributed by atoms with Crippen molar-refractivity contribution in [3.63, 3.8) is 0 Å². The largest absolute Gasteiger partial charge is 0.488 e. The number of unbranched alkanes of at least 4 members (excludes halogenated alkanes) is 1. The molecule has 0 atom stereocenters. The molecule has 2 aromatic heterocycles. The maximum absolute atomic E-state index is 12.7. The molecule has 0 radical (unpaired) electrons. The van der Waals surface area contributed by atoms with E-state index in [1.54, 1.807) is 12.3 Å². The van der Waals surface area contributed by atoms with E-state index in [1.807, 2.05) is 16.7 Å². The van der Waals surface area contributed by atoms with Crippen molar-refractivity contribution in [1.29, 1.82) is 0 Å². The van der Waals surface area contributed by atoms with Crippen LogP contribution in [-0.2, 0) is 6.42 Å². The van der Waals surface area contributed by atoms with E-state index in [2.05, 4.69) is 17.2 Å². The van der Waals surface area contributed by atoms with Crippen molar-refractivity contribution in [1.82, 2.24) is 14.7 Å². The Hall–Kier alpha value is -2.57. The SMILES string of the molecule is CCCCc1cn2cc(OC/C(=C\F)CNC(=O)O)ccc2n1. The number of hydrogen-bond donors (Lipinski definition) is 2. The van der Waals surface area contributed by atoms with Crippen LogP contribution < -0.4 is 10.1 Å². The minimum absolute atomic E-state index is 0.0281. The van der Waals surface area contributed by atoms with Crippen LogP contribution in [0.3, 0.4) is 0 Å². The van der Waals surface area contributed by atoms with E-state index in [4.69, 9.17) is 9.84 Å². The molecule has 23 heavy (non-hydrogen) atoms. The van der Waals surface area contributed by atoms with E-state index in [9.17, 15) is 9.18 Å². The zero-order valence-corrected chi connectivity index (χ0v) is 13.0. The smallest absolute Gasteiger partial charge is 0.404 e. The molecule has 2 N–H and O–H groups in total. The van der Waals surface area contributed by atoms with E-state index >= 15 is 0 Å². The van der Waals surface area contributed by atoms with Crippen molar-refractivity contribution in [3.8, 4) is 5.75 Å². The van der Waals surface area contributed by atoms with Crippen molar-refractivity contribution >= 4 is 11.7 Å². The van der Waals surface area contributed by atoms with Gasteiger partial charge in [-0.3, -0.25) is 0 Å². The summed E-state index contributed by atoms with van der Waals surface area (Å²) >= 11 is 0. The number of carboxylic acid groups (broad SMARTS) is 1. The first-order chi connectivity index (χ1) is 11.1. The van der Waals surface area contributed by atoms with Crippen LogP contribution in [0.2, 0.25) is 0 Å². The first-order valence-corrected chi connectivity index (χ1v) is 7.47. The molecule has 0 aliphatic carbocycles. The molecular weight excluding hydrogens is 301 g/mol. The highest BCUT2D eigenvalue weighted by Crippen LogP contribution is 2.15. The van der Waals surface area contributed by atoms with E-state index in [1.165, 1.54) is 0 Å². The number of nitrogens with one attached hydrogen (secondary N) is 1.